The minimum absolute atomic E-state index is 0.287. The first-order valence-electron chi connectivity index (χ1n) is 9.83. The zero-order valence-electron chi connectivity index (χ0n) is 17.5. The van der Waals surface area contributed by atoms with Gasteiger partial charge < -0.3 is 9.30 Å². The summed E-state index contributed by atoms with van der Waals surface area (Å²) in [5, 5.41) is 0. The Morgan fingerprint density at radius 3 is 2.53 bits per heavy atom. The fourth-order valence-electron chi connectivity index (χ4n) is 3.73. The topological polar surface area (TPSA) is 71.1 Å². The van der Waals surface area contributed by atoms with E-state index in [1.54, 1.807) is 18.0 Å². The van der Waals surface area contributed by atoms with Crippen molar-refractivity contribution in [2.24, 2.45) is 0 Å². The maximum Gasteiger partial charge on any atom is 0.337 e. The number of aryl methyl sites for hydroxylation is 1. The molecule has 7 nitrogen and oxygen atoms in total. The standard InChI is InChI=1S/C23H24N4O3/c1-15(2)26-22(28)20-21(27(23(26)29)19-11-6-5-8-16(19)3)24-14-25(20)13-17-9-7-10-18(12-17)30-4/h5-12,14-15H,13H2,1-4H3. The number of fused-ring (bicyclic) bond motifs is 1. The third-order valence-electron chi connectivity index (χ3n) is 5.21. The quantitative estimate of drug-likeness (QED) is 0.512. The van der Waals surface area contributed by atoms with Gasteiger partial charge in [0.25, 0.3) is 5.56 Å². The Hall–Kier alpha value is -3.61. The highest BCUT2D eigenvalue weighted by atomic mass is 16.5. The smallest absolute Gasteiger partial charge is 0.337 e. The van der Waals surface area contributed by atoms with Crippen molar-refractivity contribution in [1.82, 2.24) is 18.7 Å². The molecule has 0 unspecified atom stereocenters. The van der Waals surface area contributed by atoms with Crippen molar-refractivity contribution in [2.75, 3.05) is 7.11 Å². The number of benzene rings is 2. The van der Waals surface area contributed by atoms with Gasteiger partial charge in [-0.1, -0.05) is 30.3 Å². The minimum atomic E-state index is -0.386. The molecule has 0 saturated heterocycles. The Balaban J connectivity index is 2.01. The van der Waals surface area contributed by atoms with E-state index < -0.39 is 0 Å². The lowest BCUT2D eigenvalue weighted by Gasteiger charge is -2.16. The zero-order valence-corrected chi connectivity index (χ0v) is 17.5. The molecule has 7 heteroatoms. The number of ether oxygens (including phenoxy) is 1. The molecule has 4 aromatic rings. The van der Waals surface area contributed by atoms with Crippen LogP contribution < -0.4 is 16.0 Å². The average Bonchev–Trinajstić information content (AvgIpc) is 3.13. The number of hydrogen-bond acceptors (Lipinski definition) is 4. The van der Waals surface area contributed by atoms with Crippen molar-refractivity contribution in [3.8, 4) is 11.4 Å². The fourth-order valence-corrected chi connectivity index (χ4v) is 3.73. The largest absolute Gasteiger partial charge is 0.497 e. The van der Waals surface area contributed by atoms with E-state index in [9.17, 15) is 9.59 Å². The number of hydrogen-bond donors (Lipinski definition) is 0. The van der Waals surface area contributed by atoms with Crippen LogP contribution >= 0.6 is 0 Å². The van der Waals surface area contributed by atoms with Crippen molar-refractivity contribution >= 4 is 11.2 Å². The molecule has 2 heterocycles. The molecule has 0 saturated carbocycles. The van der Waals surface area contributed by atoms with Crippen molar-refractivity contribution in [2.45, 2.75) is 33.4 Å². The third kappa shape index (κ3) is 3.22. The van der Waals surface area contributed by atoms with Crippen LogP contribution in [0.2, 0.25) is 0 Å². The van der Waals surface area contributed by atoms with E-state index in [0.717, 1.165) is 16.9 Å². The molecule has 0 N–H and O–H groups in total. The lowest BCUT2D eigenvalue weighted by atomic mass is 10.2. The number of nitrogens with zero attached hydrogens (tertiary/aromatic N) is 4. The van der Waals surface area contributed by atoms with Gasteiger partial charge >= 0.3 is 5.69 Å². The van der Waals surface area contributed by atoms with Crippen molar-refractivity contribution in [3.63, 3.8) is 0 Å². The summed E-state index contributed by atoms with van der Waals surface area (Å²) in [6.45, 7) is 6.04. The molecule has 0 bridgehead atoms. The van der Waals surface area contributed by atoms with Crippen LogP contribution in [-0.4, -0.2) is 25.8 Å². The Labute approximate surface area is 173 Å². The summed E-state index contributed by atoms with van der Waals surface area (Å²) in [6.07, 6.45) is 1.62. The number of imidazole rings is 1. The first-order chi connectivity index (χ1) is 14.4. The summed E-state index contributed by atoms with van der Waals surface area (Å²) in [4.78, 5) is 31.1. The number of rotatable bonds is 5. The monoisotopic (exact) mass is 404 g/mol. The number of methoxy groups -OCH3 is 1. The maximum absolute atomic E-state index is 13.3. The van der Waals surface area contributed by atoms with E-state index in [1.807, 2.05) is 69.3 Å². The molecule has 2 aromatic heterocycles. The van der Waals surface area contributed by atoms with Gasteiger partial charge in [-0.3, -0.25) is 9.36 Å². The highest BCUT2D eigenvalue weighted by Crippen LogP contribution is 2.19. The maximum atomic E-state index is 13.3. The first kappa shape index (κ1) is 19.7. The van der Waals surface area contributed by atoms with Crippen LogP contribution in [0, 0.1) is 6.92 Å². The number of para-hydroxylation sites is 1. The van der Waals surface area contributed by atoms with Crippen LogP contribution in [0.25, 0.3) is 16.9 Å². The van der Waals surface area contributed by atoms with Gasteiger partial charge in [-0.25, -0.2) is 14.3 Å². The predicted molar refractivity (Wildman–Crippen MR) is 117 cm³/mol. The van der Waals surface area contributed by atoms with Gasteiger partial charge in [0.15, 0.2) is 11.2 Å². The van der Waals surface area contributed by atoms with Gasteiger partial charge in [0.2, 0.25) is 0 Å². The molecular weight excluding hydrogens is 380 g/mol. The normalized spacial score (nSPS) is 11.4. The molecule has 0 aliphatic rings. The summed E-state index contributed by atoms with van der Waals surface area (Å²) in [7, 11) is 1.62. The molecule has 0 radical (unpaired) electrons. The molecule has 0 atom stereocenters. The molecule has 0 aliphatic carbocycles. The van der Waals surface area contributed by atoms with Gasteiger partial charge in [-0.2, -0.15) is 0 Å². The van der Waals surface area contributed by atoms with E-state index >= 15 is 0 Å². The van der Waals surface area contributed by atoms with Gasteiger partial charge in [0.05, 0.1) is 19.1 Å². The second kappa shape index (κ2) is 7.67. The van der Waals surface area contributed by atoms with Crippen LogP contribution in [0.15, 0.2) is 64.4 Å². The van der Waals surface area contributed by atoms with Gasteiger partial charge in [-0.15, -0.1) is 0 Å². The van der Waals surface area contributed by atoms with Crippen molar-refractivity contribution in [1.29, 1.82) is 0 Å². The molecule has 0 spiro atoms. The highest BCUT2D eigenvalue weighted by molar-refractivity contribution is 5.73. The van der Waals surface area contributed by atoms with E-state index in [2.05, 4.69) is 4.98 Å². The van der Waals surface area contributed by atoms with Crippen LogP contribution in [-0.2, 0) is 6.54 Å². The second-order valence-electron chi connectivity index (χ2n) is 7.57. The number of aromatic nitrogens is 4. The molecule has 154 valence electrons. The molecular formula is C23H24N4O3. The summed E-state index contributed by atoms with van der Waals surface area (Å²) in [6, 6.07) is 15.0. The molecule has 0 amide bonds. The summed E-state index contributed by atoms with van der Waals surface area (Å²) in [5.41, 5.74) is 2.65. The van der Waals surface area contributed by atoms with Crippen molar-refractivity contribution in [3.05, 3.63) is 86.8 Å². The predicted octanol–water partition coefficient (Wildman–Crippen LogP) is 3.30. The van der Waals surface area contributed by atoms with Crippen molar-refractivity contribution < 1.29 is 4.74 Å². The van der Waals surface area contributed by atoms with Gasteiger partial charge in [0, 0.05) is 12.6 Å². The van der Waals surface area contributed by atoms with E-state index in [1.165, 1.54) is 9.13 Å². The molecule has 4 rings (SSSR count). The Morgan fingerprint density at radius 2 is 1.83 bits per heavy atom. The lowest BCUT2D eigenvalue weighted by molar-refractivity contribution is 0.414. The minimum Gasteiger partial charge on any atom is -0.497 e. The summed E-state index contributed by atoms with van der Waals surface area (Å²) >= 11 is 0. The zero-order chi connectivity index (χ0) is 21.4. The SMILES string of the molecule is COc1cccc(Cn2cnc3c2c(=O)n(C(C)C)c(=O)n3-c2ccccc2C)c1. The van der Waals surface area contributed by atoms with Gasteiger partial charge in [0.1, 0.15) is 5.75 Å². The van der Waals surface area contributed by atoms with E-state index in [4.69, 9.17) is 4.74 Å². The van der Waals surface area contributed by atoms with Crippen LogP contribution in [0.4, 0.5) is 0 Å². The average molecular weight is 404 g/mol. The molecule has 30 heavy (non-hydrogen) atoms. The van der Waals surface area contributed by atoms with Crippen LogP contribution in [0.5, 0.6) is 5.75 Å². The third-order valence-corrected chi connectivity index (χ3v) is 5.21. The molecule has 0 aliphatic heterocycles. The Morgan fingerprint density at radius 1 is 1.07 bits per heavy atom. The Kier molecular flexibility index (Phi) is 5.03. The van der Waals surface area contributed by atoms with Gasteiger partial charge in [-0.05, 0) is 50.1 Å². The van der Waals surface area contributed by atoms with Crippen LogP contribution in [0.3, 0.4) is 0 Å². The van der Waals surface area contributed by atoms with E-state index in [-0.39, 0.29) is 17.3 Å². The highest BCUT2D eigenvalue weighted by Gasteiger charge is 2.21. The van der Waals surface area contributed by atoms with Crippen LogP contribution in [0.1, 0.15) is 31.0 Å². The second-order valence-corrected chi connectivity index (χ2v) is 7.57. The molecule has 0 fully saturated rings. The summed E-state index contributed by atoms with van der Waals surface area (Å²) < 4.78 is 9.92. The first-order valence-corrected chi connectivity index (χ1v) is 9.83. The Bertz CT molecular complexity index is 1340. The summed E-state index contributed by atoms with van der Waals surface area (Å²) in [5.74, 6) is 0.744. The molecule has 2 aromatic carbocycles. The van der Waals surface area contributed by atoms with E-state index in [0.29, 0.717) is 23.4 Å². The fraction of sp³-hybridized carbons (Fsp3) is 0.261. The lowest BCUT2D eigenvalue weighted by Crippen LogP contribution is -2.41.